The van der Waals surface area contributed by atoms with Gasteiger partial charge in [-0.25, -0.2) is 29.2 Å². The fourth-order valence-electron chi connectivity index (χ4n) is 3.67. The highest BCUT2D eigenvalue weighted by molar-refractivity contribution is 9.10. The normalized spacial score (nSPS) is 10.1. The number of aryl methyl sites for hydroxylation is 2. The molecule has 0 radical (unpaired) electrons. The molecule has 0 saturated heterocycles. The Hall–Kier alpha value is -4.30. The summed E-state index contributed by atoms with van der Waals surface area (Å²) in [5.74, 6) is 1.46. The van der Waals surface area contributed by atoms with Gasteiger partial charge in [-0.3, -0.25) is 0 Å². The number of halogens is 1. The average Bonchev–Trinajstić information content (AvgIpc) is 3.69. The molecule has 0 aliphatic heterocycles. The Labute approximate surface area is 305 Å². The first kappa shape index (κ1) is 40.9. The minimum Gasteiger partial charge on any atom is -0.504 e. The summed E-state index contributed by atoms with van der Waals surface area (Å²) in [4.78, 5) is 39.4. The van der Waals surface area contributed by atoms with E-state index in [2.05, 4.69) is 63.3 Å². The summed E-state index contributed by atoms with van der Waals surface area (Å²) in [6.45, 7) is 31.7. The van der Waals surface area contributed by atoms with Gasteiger partial charge in [0.1, 0.15) is 26.3 Å². The van der Waals surface area contributed by atoms with Gasteiger partial charge in [0.15, 0.2) is 0 Å². The summed E-state index contributed by atoms with van der Waals surface area (Å²) in [6, 6.07) is 10.9. The van der Waals surface area contributed by atoms with Crippen LogP contribution in [0.15, 0.2) is 46.4 Å². The molecule has 2 aromatic carbocycles. The zero-order chi connectivity index (χ0) is 36.5. The molecule has 0 N–H and O–H groups in total. The molecule has 0 aliphatic carbocycles. The molecule has 4 rings (SSSR count). The van der Waals surface area contributed by atoms with Crippen LogP contribution in [-0.4, -0.2) is 48.3 Å². The molecule has 0 atom stereocenters. The number of esters is 2. The second kappa shape index (κ2) is 20.9. The number of thiazole rings is 2. The maximum absolute atomic E-state index is 11.9. The molecule has 0 fully saturated rings. The van der Waals surface area contributed by atoms with E-state index in [1.165, 1.54) is 22.7 Å². The highest BCUT2D eigenvalue weighted by atomic mass is 79.9. The Morgan fingerprint density at radius 3 is 1.84 bits per heavy atom. The molecule has 260 valence electrons. The Morgan fingerprint density at radius 1 is 0.816 bits per heavy atom. The van der Waals surface area contributed by atoms with E-state index in [0.29, 0.717) is 81.6 Å². The molecule has 0 unspecified atom stereocenters. The van der Waals surface area contributed by atoms with E-state index in [1.807, 2.05) is 18.2 Å². The molecule has 4 aromatic rings. The van der Waals surface area contributed by atoms with Gasteiger partial charge in [-0.1, -0.05) is 49.7 Å². The van der Waals surface area contributed by atoms with Gasteiger partial charge < -0.3 is 18.9 Å². The third kappa shape index (κ3) is 13.3. The Kier molecular flexibility index (Phi) is 17.5. The zero-order valence-corrected chi connectivity index (χ0v) is 32.2. The topological polar surface area (TPSA) is 106 Å². The molecular formula is C36H41BrN4O6S2. The van der Waals surface area contributed by atoms with E-state index in [9.17, 15) is 9.59 Å². The van der Waals surface area contributed by atoms with Crippen LogP contribution in [0.1, 0.15) is 72.3 Å². The molecule has 0 spiro atoms. The second-order valence-electron chi connectivity index (χ2n) is 11.1. The van der Waals surface area contributed by atoms with Crippen molar-refractivity contribution in [3.05, 3.63) is 90.4 Å². The number of nitrogens with zero attached hydrogens (tertiary/aromatic N) is 4. The molecular weight excluding hydrogens is 728 g/mol. The summed E-state index contributed by atoms with van der Waals surface area (Å²) in [6.07, 6.45) is 0. The Morgan fingerprint density at radius 2 is 1.35 bits per heavy atom. The van der Waals surface area contributed by atoms with E-state index >= 15 is 0 Å². The molecule has 0 aliphatic rings. The van der Waals surface area contributed by atoms with Gasteiger partial charge in [0.2, 0.25) is 11.4 Å². The van der Waals surface area contributed by atoms with Crippen LogP contribution in [0, 0.1) is 38.8 Å². The van der Waals surface area contributed by atoms with Crippen LogP contribution >= 0.6 is 38.6 Å². The number of benzene rings is 2. The summed E-state index contributed by atoms with van der Waals surface area (Å²) in [7, 11) is 0. The quantitative estimate of drug-likeness (QED) is 0.110. The smallest absolute Gasteiger partial charge is 0.350 e. The standard InChI is InChI=1S/C18H20N2O3S.C11H12BrNO.C7H9NO2S/c1-6-22-18(21)16-12(4)20-17(24-16)13-7-8-15(14(9-13)19-5)23-10-11(2)3;1-8(2)7-14-11-5-4-9(12)6-10(11)13-3;1-3-10-7(9)6-5(2)8-4-11-6/h7-9,11H,6,10H2,1-4H3;4-6,8H,7H2,1-2H3;4H,3H2,1-2H3. The van der Waals surface area contributed by atoms with E-state index in [1.54, 1.807) is 51.4 Å². The van der Waals surface area contributed by atoms with Crippen molar-refractivity contribution in [2.45, 2.75) is 55.4 Å². The summed E-state index contributed by atoms with van der Waals surface area (Å²) in [5.41, 5.74) is 4.81. The third-order valence-electron chi connectivity index (χ3n) is 5.98. The van der Waals surface area contributed by atoms with Gasteiger partial charge in [0.25, 0.3) is 0 Å². The molecule has 49 heavy (non-hydrogen) atoms. The number of rotatable bonds is 11. The van der Waals surface area contributed by atoms with Gasteiger partial charge in [0.05, 0.1) is 56.5 Å². The van der Waals surface area contributed by atoms with Crippen LogP contribution in [0.2, 0.25) is 0 Å². The lowest BCUT2D eigenvalue weighted by molar-refractivity contribution is 0.0521. The maximum atomic E-state index is 11.9. The fraction of sp³-hybridized carbons (Fsp3) is 0.389. The first-order chi connectivity index (χ1) is 23.3. The second-order valence-corrected chi connectivity index (χ2v) is 13.8. The van der Waals surface area contributed by atoms with Crippen LogP contribution < -0.4 is 9.47 Å². The fourth-order valence-corrected chi connectivity index (χ4v) is 5.67. The summed E-state index contributed by atoms with van der Waals surface area (Å²) >= 11 is 5.90. The van der Waals surface area contributed by atoms with Crippen LogP contribution in [0.3, 0.4) is 0 Å². The van der Waals surface area contributed by atoms with Crippen molar-refractivity contribution in [3.8, 4) is 22.1 Å². The van der Waals surface area contributed by atoms with Gasteiger partial charge in [-0.15, -0.1) is 22.7 Å². The number of hydrogen-bond donors (Lipinski definition) is 0. The monoisotopic (exact) mass is 768 g/mol. The van der Waals surface area contributed by atoms with Crippen molar-refractivity contribution in [1.82, 2.24) is 9.97 Å². The van der Waals surface area contributed by atoms with E-state index < -0.39 is 0 Å². The van der Waals surface area contributed by atoms with Crippen molar-refractivity contribution in [2.24, 2.45) is 11.8 Å². The highest BCUT2D eigenvalue weighted by Crippen LogP contribution is 2.36. The zero-order valence-electron chi connectivity index (χ0n) is 29.0. The first-order valence-corrected chi connectivity index (χ1v) is 18.0. The summed E-state index contributed by atoms with van der Waals surface area (Å²) < 4.78 is 21.9. The van der Waals surface area contributed by atoms with Gasteiger partial charge in [0, 0.05) is 10.0 Å². The number of ether oxygens (including phenoxy) is 4. The number of carbonyl (C=O) groups is 2. The Balaban J connectivity index is 0.000000282. The maximum Gasteiger partial charge on any atom is 0.350 e. The van der Waals surface area contributed by atoms with Gasteiger partial charge >= 0.3 is 11.9 Å². The number of carbonyl (C=O) groups excluding carboxylic acids is 2. The van der Waals surface area contributed by atoms with Gasteiger partial charge in [-0.05, 0) is 69.9 Å². The van der Waals surface area contributed by atoms with Crippen molar-refractivity contribution in [3.63, 3.8) is 0 Å². The van der Waals surface area contributed by atoms with E-state index in [4.69, 9.17) is 32.1 Å². The first-order valence-electron chi connectivity index (χ1n) is 15.5. The van der Waals surface area contributed by atoms with Crippen LogP contribution in [0.5, 0.6) is 11.5 Å². The lowest BCUT2D eigenvalue weighted by Gasteiger charge is -2.10. The predicted molar refractivity (Wildman–Crippen MR) is 198 cm³/mol. The number of hydrogen-bond acceptors (Lipinski definition) is 10. The molecule has 10 nitrogen and oxygen atoms in total. The molecule has 13 heteroatoms. The lowest BCUT2D eigenvalue weighted by atomic mass is 10.2. The molecule has 2 heterocycles. The molecule has 0 bridgehead atoms. The Bertz CT molecular complexity index is 1770. The SMILES string of the molecule is CCOC(=O)c1scnc1C.[C-]#[N+]c1cc(-c2nc(C)c(C(=O)OCC)s2)ccc1OCC(C)C.[C-]#[N+]c1cc(Br)ccc1OCC(C)C. The lowest BCUT2D eigenvalue weighted by Crippen LogP contribution is -2.04. The number of aromatic nitrogens is 2. The third-order valence-corrected chi connectivity index (χ3v) is 8.56. The van der Waals surface area contributed by atoms with Crippen molar-refractivity contribution in [2.75, 3.05) is 26.4 Å². The predicted octanol–water partition coefficient (Wildman–Crippen LogP) is 10.5. The van der Waals surface area contributed by atoms with E-state index in [-0.39, 0.29) is 11.9 Å². The summed E-state index contributed by atoms with van der Waals surface area (Å²) in [5, 5.41) is 0.691. The molecule has 2 aromatic heterocycles. The highest BCUT2D eigenvalue weighted by Gasteiger charge is 2.18. The largest absolute Gasteiger partial charge is 0.504 e. The van der Waals surface area contributed by atoms with Crippen LogP contribution in [0.4, 0.5) is 11.4 Å². The van der Waals surface area contributed by atoms with Crippen LogP contribution in [0.25, 0.3) is 20.3 Å². The van der Waals surface area contributed by atoms with E-state index in [0.717, 1.165) is 15.7 Å². The van der Waals surface area contributed by atoms with Crippen molar-refractivity contribution < 1.29 is 28.5 Å². The molecule has 0 saturated carbocycles. The minimum atomic E-state index is -0.360. The van der Waals surface area contributed by atoms with Crippen molar-refractivity contribution in [1.29, 1.82) is 0 Å². The van der Waals surface area contributed by atoms with Crippen LogP contribution in [-0.2, 0) is 9.47 Å². The van der Waals surface area contributed by atoms with Crippen molar-refractivity contribution >= 4 is 61.9 Å². The van der Waals surface area contributed by atoms with Gasteiger partial charge in [-0.2, -0.15) is 0 Å². The average molecular weight is 770 g/mol. The minimum absolute atomic E-state index is 0.271. The molecule has 0 amide bonds.